The summed E-state index contributed by atoms with van der Waals surface area (Å²) in [6, 6.07) is 0. The summed E-state index contributed by atoms with van der Waals surface area (Å²) in [5.74, 6) is 0.822. The average molecular weight is 184 g/mol. The van der Waals surface area contributed by atoms with Gasteiger partial charge in [-0.1, -0.05) is 6.92 Å². The predicted octanol–water partition coefficient (Wildman–Crippen LogP) is 1.32. The zero-order valence-electron chi connectivity index (χ0n) is 8.17. The first kappa shape index (κ1) is 10.2. The fourth-order valence-electron chi connectivity index (χ4n) is 1.03. The Balaban J connectivity index is 2.40. The van der Waals surface area contributed by atoms with Crippen molar-refractivity contribution in [2.45, 2.75) is 26.5 Å². The number of nitrogens with zero attached hydrogens (tertiary/aromatic N) is 1. The topological polar surface area (TPSA) is 47.3 Å². The van der Waals surface area contributed by atoms with Gasteiger partial charge in [-0.25, -0.2) is 4.98 Å². The summed E-state index contributed by atoms with van der Waals surface area (Å²) in [5.41, 5.74) is 0.929. The maximum Gasteiger partial charge on any atom is 0.181 e. The van der Waals surface area contributed by atoms with Gasteiger partial charge in [-0.05, 0) is 13.5 Å². The molecule has 4 nitrogen and oxygen atoms in total. The summed E-state index contributed by atoms with van der Waals surface area (Å²) in [4.78, 5) is 4.08. The first-order valence-corrected chi connectivity index (χ1v) is 4.52. The minimum absolute atomic E-state index is 0.519. The molecular formula is C9H16N2O2. The highest BCUT2D eigenvalue weighted by atomic mass is 16.5. The Morgan fingerprint density at radius 1 is 1.62 bits per heavy atom. The highest BCUT2D eigenvalue weighted by Crippen LogP contribution is 2.07. The molecule has 0 aliphatic carbocycles. The molecule has 1 N–H and O–H groups in total. The Labute approximate surface area is 78.3 Å². The lowest BCUT2D eigenvalue weighted by atomic mass is 10.3. The van der Waals surface area contributed by atoms with Crippen LogP contribution in [-0.4, -0.2) is 18.6 Å². The maximum absolute atomic E-state index is 5.35. The van der Waals surface area contributed by atoms with Crippen molar-refractivity contribution in [1.29, 1.82) is 0 Å². The molecule has 1 rings (SSSR count). The van der Waals surface area contributed by atoms with Crippen LogP contribution in [0.5, 0.6) is 0 Å². The Kier molecular flexibility index (Phi) is 4.49. The molecule has 0 fully saturated rings. The van der Waals surface area contributed by atoms with Crippen molar-refractivity contribution in [2.75, 3.05) is 13.7 Å². The molecular weight excluding hydrogens is 168 g/mol. The van der Waals surface area contributed by atoms with Gasteiger partial charge in [0.1, 0.15) is 6.61 Å². The highest BCUT2D eigenvalue weighted by Gasteiger charge is 2.06. The Morgan fingerprint density at radius 3 is 3.15 bits per heavy atom. The second-order valence-electron chi connectivity index (χ2n) is 2.81. The molecule has 1 aromatic rings. The van der Waals surface area contributed by atoms with Gasteiger partial charge >= 0.3 is 0 Å². The summed E-state index contributed by atoms with van der Waals surface area (Å²) < 4.78 is 10.5. The van der Waals surface area contributed by atoms with Crippen LogP contribution in [0.25, 0.3) is 0 Å². The number of rotatable bonds is 6. The predicted molar refractivity (Wildman–Crippen MR) is 49.2 cm³/mol. The summed E-state index contributed by atoms with van der Waals surface area (Å²) in [6.07, 6.45) is 2.48. The molecule has 74 valence electrons. The van der Waals surface area contributed by atoms with Crippen molar-refractivity contribution in [3.05, 3.63) is 17.8 Å². The average Bonchev–Trinajstić information content (AvgIpc) is 2.54. The summed E-state index contributed by atoms with van der Waals surface area (Å²) in [7, 11) is 1.88. The fourth-order valence-corrected chi connectivity index (χ4v) is 1.03. The van der Waals surface area contributed by atoms with E-state index in [0.717, 1.165) is 31.0 Å². The van der Waals surface area contributed by atoms with Gasteiger partial charge in [0.25, 0.3) is 0 Å². The zero-order chi connectivity index (χ0) is 9.52. The molecule has 1 heterocycles. The number of aromatic nitrogens is 1. The molecule has 0 radical (unpaired) electrons. The lowest BCUT2D eigenvalue weighted by molar-refractivity contribution is 0.106. The van der Waals surface area contributed by atoms with Crippen molar-refractivity contribution in [1.82, 2.24) is 10.3 Å². The van der Waals surface area contributed by atoms with Crippen LogP contribution >= 0.6 is 0 Å². The molecule has 13 heavy (non-hydrogen) atoms. The largest absolute Gasteiger partial charge is 0.446 e. The maximum atomic E-state index is 5.35. The van der Waals surface area contributed by atoms with Gasteiger partial charge in [-0.15, -0.1) is 0 Å². The second-order valence-corrected chi connectivity index (χ2v) is 2.81. The lowest BCUT2D eigenvalue weighted by Gasteiger charge is -2.01. The SMILES string of the molecule is CCCOCc1ocnc1CNC. The third kappa shape index (κ3) is 3.16. The van der Waals surface area contributed by atoms with Crippen LogP contribution in [0.15, 0.2) is 10.8 Å². The van der Waals surface area contributed by atoms with Crippen LogP contribution in [-0.2, 0) is 17.9 Å². The normalized spacial score (nSPS) is 10.6. The van der Waals surface area contributed by atoms with E-state index >= 15 is 0 Å². The molecule has 0 atom stereocenters. The molecule has 0 amide bonds. The third-order valence-electron chi connectivity index (χ3n) is 1.65. The Bertz CT molecular complexity index is 235. The number of oxazole rings is 1. The quantitative estimate of drug-likeness (QED) is 0.677. The third-order valence-corrected chi connectivity index (χ3v) is 1.65. The number of hydrogen-bond acceptors (Lipinski definition) is 4. The van der Waals surface area contributed by atoms with Crippen molar-refractivity contribution in [2.24, 2.45) is 0 Å². The molecule has 0 saturated carbocycles. The smallest absolute Gasteiger partial charge is 0.181 e. The van der Waals surface area contributed by atoms with Crippen LogP contribution in [0, 0.1) is 0 Å². The van der Waals surface area contributed by atoms with Crippen LogP contribution in [0.4, 0.5) is 0 Å². The molecule has 4 heteroatoms. The first-order chi connectivity index (χ1) is 6.38. The number of hydrogen-bond donors (Lipinski definition) is 1. The molecule has 0 aromatic carbocycles. The van der Waals surface area contributed by atoms with Gasteiger partial charge in [0.2, 0.25) is 0 Å². The van der Waals surface area contributed by atoms with E-state index in [0.29, 0.717) is 6.61 Å². The molecule has 0 saturated heterocycles. The van der Waals surface area contributed by atoms with E-state index in [1.165, 1.54) is 6.39 Å². The van der Waals surface area contributed by atoms with Crippen molar-refractivity contribution in [3.63, 3.8) is 0 Å². The van der Waals surface area contributed by atoms with E-state index in [-0.39, 0.29) is 0 Å². The number of nitrogens with one attached hydrogen (secondary N) is 1. The van der Waals surface area contributed by atoms with E-state index in [1.807, 2.05) is 7.05 Å². The van der Waals surface area contributed by atoms with Gasteiger partial charge in [-0.3, -0.25) is 0 Å². The monoisotopic (exact) mass is 184 g/mol. The molecule has 0 aliphatic rings. The Hall–Kier alpha value is -0.870. The highest BCUT2D eigenvalue weighted by molar-refractivity contribution is 5.05. The van der Waals surface area contributed by atoms with Gasteiger partial charge in [0.15, 0.2) is 12.2 Å². The summed E-state index contributed by atoms with van der Waals surface area (Å²) in [5, 5.41) is 3.02. The van der Waals surface area contributed by atoms with E-state index < -0.39 is 0 Å². The fraction of sp³-hybridized carbons (Fsp3) is 0.667. The van der Waals surface area contributed by atoms with Crippen molar-refractivity contribution < 1.29 is 9.15 Å². The zero-order valence-corrected chi connectivity index (χ0v) is 8.17. The van der Waals surface area contributed by atoms with Gasteiger partial charge in [0.05, 0.1) is 5.69 Å². The summed E-state index contributed by atoms with van der Waals surface area (Å²) in [6.45, 7) is 4.08. The van der Waals surface area contributed by atoms with E-state index in [2.05, 4.69) is 17.2 Å². The van der Waals surface area contributed by atoms with E-state index in [9.17, 15) is 0 Å². The van der Waals surface area contributed by atoms with Crippen LogP contribution in [0.3, 0.4) is 0 Å². The molecule has 0 spiro atoms. The van der Waals surface area contributed by atoms with Crippen LogP contribution < -0.4 is 5.32 Å². The van der Waals surface area contributed by atoms with Crippen molar-refractivity contribution >= 4 is 0 Å². The second kappa shape index (κ2) is 5.72. The Morgan fingerprint density at radius 2 is 2.46 bits per heavy atom. The molecule has 0 aliphatic heterocycles. The van der Waals surface area contributed by atoms with E-state index in [1.54, 1.807) is 0 Å². The van der Waals surface area contributed by atoms with Crippen LogP contribution in [0.2, 0.25) is 0 Å². The molecule has 0 unspecified atom stereocenters. The molecule has 0 bridgehead atoms. The van der Waals surface area contributed by atoms with Crippen molar-refractivity contribution in [3.8, 4) is 0 Å². The minimum Gasteiger partial charge on any atom is -0.446 e. The lowest BCUT2D eigenvalue weighted by Crippen LogP contribution is -2.08. The van der Waals surface area contributed by atoms with Crippen LogP contribution in [0.1, 0.15) is 24.8 Å². The molecule has 1 aromatic heterocycles. The van der Waals surface area contributed by atoms with E-state index in [4.69, 9.17) is 9.15 Å². The van der Waals surface area contributed by atoms with Gasteiger partial charge < -0.3 is 14.5 Å². The minimum atomic E-state index is 0.519. The number of ether oxygens (including phenoxy) is 1. The standard InChI is InChI=1S/C9H16N2O2/c1-3-4-12-6-9-8(5-10-2)11-7-13-9/h7,10H,3-6H2,1-2H3. The van der Waals surface area contributed by atoms with Gasteiger partial charge in [-0.2, -0.15) is 0 Å². The summed E-state index contributed by atoms with van der Waals surface area (Å²) >= 11 is 0. The van der Waals surface area contributed by atoms with Gasteiger partial charge in [0, 0.05) is 13.2 Å². The first-order valence-electron chi connectivity index (χ1n) is 4.52.